The number of rotatable bonds is 1. The molecule has 1 aliphatic heterocycles. The van der Waals surface area contributed by atoms with E-state index in [4.69, 9.17) is 0 Å². The third-order valence-corrected chi connectivity index (χ3v) is 2.80. The van der Waals surface area contributed by atoms with Crippen molar-refractivity contribution in [1.82, 2.24) is 5.32 Å². The molecule has 0 atom stereocenters. The number of hydrogen-bond acceptors (Lipinski definition) is 3. The zero-order chi connectivity index (χ0) is 11.9. The van der Waals surface area contributed by atoms with Crippen LogP contribution in [-0.2, 0) is 9.59 Å². The zero-order valence-corrected chi connectivity index (χ0v) is 9.87. The molecule has 1 aromatic carbocycles. The van der Waals surface area contributed by atoms with Crippen LogP contribution in [0.2, 0.25) is 0 Å². The molecule has 0 aromatic heterocycles. The molecule has 0 saturated carbocycles. The van der Waals surface area contributed by atoms with Gasteiger partial charge in [0.1, 0.15) is 0 Å². The van der Waals surface area contributed by atoms with Gasteiger partial charge in [-0.05, 0) is 40.5 Å². The van der Waals surface area contributed by atoms with Gasteiger partial charge in [-0.15, -0.1) is 0 Å². The minimum absolute atomic E-state index is 0.360. The van der Waals surface area contributed by atoms with Crippen LogP contribution in [0, 0.1) is 6.92 Å². The van der Waals surface area contributed by atoms with Crippen molar-refractivity contribution >= 4 is 39.5 Å². The fourth-order valence-electron chi connectivity index (χ4n) is 1.41. The van der Waals surface area contributed by atoms with E-state index in [1.807, 2.05) is 12.2 Å². The summed E-state index contributed by atoms with van der Waals surface area (Å²) in [6.45, 7) is 1.88. The van der Waals surface area contributed by atoms with E-state index in [1.54, 1.807) is 18.2 Å². The van der Waals surface area contributed by atoms with E-state index in [0.717, 1.165) is 10.5 Å². The Morgan fingerprint density at radius 1 is 1.25 bits per heavy atom. The average molecular weight is 283 g/mol. The summed E-state index contributed by atoms with van der Waals surface area (Å²) in [7, 11) is 0. The third-order valence-electron chi connectivity index (χ3n) is 2.16. The molecule has 82 valence electrons. The predicted molar refractivity (Wildman–Crippen MR) is 59.9 cm³/mol. The van der Waals surface area contributed by atoms with Gasteiger partial charge in [0.05, 0.1) is 5.69 Å². The number of benzene rings is 1. The third kappa shape index (κ3) is 1.61. The van der Waals surface area contributed by atoms with Gasteiger partial charge < -0.3 is 0 Å². The van der Waals surface area contributed by atoms with Crippen molar-refractivity contribution in [2.75, 3.05) is 4.90 Å². The van der Waals surface area contributed by atoms with Gasteiger partial charge in [0, 0.05) is 4.47 Å². The van der Waals surface area contributed by atoms with Gasteiger partial charge in [0.25, 0.3) is 0 Å². The summed E-state index contributed by atoms with van der Waals surface area (Å²) in [4.78, 5) is 34.6. The summed E-state index contributed by atoms with van der Waals surface area (Å²) in [5.74, 6) is -1.77. The fraction of sp³-hybridized carbons (Fsp3) is 0.100. The second kappa shape index (κ2) is 3.71. The standard InChI is InChI=1S/C10H7BrN2O3/c1-5-2-3-7(6(11)4-5)13-9(15)8(14)12-10(13)16/h2-4H,1H3,(H,12,14,16). The number of hydrogen-bond donors (Lipinski definition) is 1. The summed E-state index contributed by atoms with van der Waals surface area (Å²) < 4.78 is 0.589. The molecule has 1 aliphatic rings. The Morgan fingerprint density at radius 3 is 2.44 bits per heavy atom. The first kappa shape index (κ1) is 10.8. The molecule has 0 aliphatic carbocycles. The smallest absolute Gasteiger partial charge is 0.269 e. The van der Waals surface area contributed by atoms with Crippen molar-refractivity contribution in [2.45, 2.75) is 6.92 Å². The molecule has 2 rings (SSSR count). The van der Waals surface area contributed by atoms with Crippen molar-refractivity contribution in [2.24, 2.45) is 0 Å². The van der Waals surface area contributed by atoms with Gasteiger partial charge in [-0.1, -0.05) is 6.07 Å². The molecule has 0 bridgehead atoms. The first-order valence-corrected chi connectivity index (χ1v) is 5.25. The minimum Gasteiger partial charge on any atom is -0.269 e. The first-order chi connectivity index (χ1) is 7.50. The first-order valence-electron chi connectivity index (χ1n) is 4.46. The Kier molecular flexibility index (Phi) is 2.51. The SMILES string of the molecule is Cc1ccc(N2C(=O)NC(=O)C2=O)c(Br)c1. The Bertz CT molecular complexity index is 513. The molecule has 1 heterocycles. The van der Waals surface area contributed by atoms with Gasteiger partial charge in [-0.3, -0.25) is 14.9 Å². The summed E-state index contributed by atoms with van der Waals surface area (Å²) >= 11 is 3.25. The monoisotopic (exact) mass is 282 g/mol. The van der Waals surface area contributed by atoms with E-state index >= 15 is 0 Å². The average Bonchev–Trinajstić information content (AvgIpc) is 2.43. The highest BCUT2D eigenvalue weighted by Crippen LogP contribution is 2.28. The minimum atomic E-state index is -0.905. The van der Waals surface area contributed by atoms with Gasteiger partial charge in [0.2, 0.25) is 0 Å². The van der Waals surface area contributed by atoms with Crippen molar-refractivity contribution in [3.8, 4) is 0 Å². The van der Waals surface area contributed by atoms with Crippen LogP contribution < -0.4 is 10.2 Å². The molecule has 4 amide bonds. The summed E-state index contributed by atoms with van der Waals surface area (Å²) in [5.41, 5.74) is 1.34. The molecular formula is C10H7BrN2O3. The molecule has 5 nitrogen and oxygen atoms in total. The molecule has 1 N–H and O–H groups in total. The van der Waals surface area contributed by atoms with Gasteiger partial charge in [-0.25, -0.2) is 9.69 Å². The highest BCUT2D eigenvalue weighted by atomic mass is 79.9. The van der Waals surface area contributed by atoms with Crippen molar-refractivity contribution in [3.05, 3.63) is 28.2 Å². The van der Waals surface area contributed by atoms with Crippen molar-refractivity contribution < 1.29 is 14.4 Å². The van der Waals surface area contributed by atoms with Crippen LogP contribution in [0.4, 0.5) is 10.5 Å². The number of carbonyl (C=O) groups excluding carboxylic acids is 3. The van der Waals surface area contributed by atoms with Crippen molar-refractivity contribution in [1.29, 1.82) is 0 Å². The molecule has 0 spiro atoms. The number of halogens is 1. The van der Waals surface area contributed by atoms with E-state index in [-0.39, 0.29) is 0 Å². The number of imide groups is 2. The van der Waals surface area contributed by atoms with Crippen molar-refractivity contribution in [3.63, 3.8) is 0 Å². The highest BCUT2D eigenvalue weighted by Gasteiger charge is 2.38. The fourth-order valence-corrected chi connectivity index (χ4v) is 2.08. The number of nitrogens with one attached hydrogen (secondary N) is 1. The summed E-state index contributed by atoms with van der Waals surface area (Å²) in [6, 6.07) is 4.40. The maximum atomic E-state index is 11.4. The van der Waals surface area contributed by atoms with Crippen LogP contribution in [-0.4, -0.2) is 17.8 Å². The predicted octanol–water partition coefficient (Wildman–Crippen LogP) is 1.34. The Morgan fingerprint density at radius 2 is 1.94 bits per heavy atom. The summed E-state index contributed by atoms with van der Waals surface area (Å²) in [6.07, 6.45) is 0. The molecule has 0 radical (unpaired) electrons. The highest BCUT2D eigenvalue weighted by molar-refractivity contribution is 9.10. The second-order valence-electron chi connectivity index (χ2n) is 3.35. The lowest BCUT2D eigenvalue weighted by atomic mass is 10.2. The van der Waals surface area contributed by atoms with E-state index in [2.05, 4.69) is 15.9 Å². The van der Waals surface area contributed by atoms with Gasteiger partial charge in [-0.2, -0.15) is 0 Å². The molecule has 1 aromatic rings. The van der Waals surface area contributed by atoms with Gasteiger partial charge >= 0.3 is 17.8 Å². The molecule has 0 unspecified atom stereocenters. The number of urea groups is 1. The second-order valence-corrected chi connectivity index (χ2v) is 4.21. The Hall–Kier alpha value is -1.69. The normalized spacial score (nSPS) is 15.6. The van der Waals surface area contributed by atoms with Crippen LogP contribution in [0.5, 0.6) is 0 Å². The van der Waals surface area contributed by atoms with Crippen LogP contribution in [0.15, 0.2) is 22.7 Å². The van der Waals surface area contributed by atoms with Crippen LogP contribution in [0.3, 0.4) is 0 Å². The lowest BCUT2D eigenvalue weighted by Gasteiger charge is -2.13. The molecular weight excluding hydrogens is 276 g/mol. The molecule has 1 fully saturated rings. The number of anilines is 1. The Balaban J connectivity index is 2.48. The number of aryl methyl sites for hydroxylation is 1. The topological polar surface area (TPSA) is 66.5 Å². The molecule has 1 saturated heterocycles. The maximum absolute atomic E-state index is 11.4. The molecule has 16 heavy (non-hydrogen) atoms. The Labute approximate surface area is 99.5 Å². The van der Waals surface area contributed by atoms with E-state index in [0.29, 0.717) is 10.2 Å². The number of amides is 4. The maximum Gasteiger partial charge on any atom is 0.336 e. The number of carbonyl (C=O) groups is 3. The molecule has 6 heteroatoms. The van der Waals surface area contributed by atoms with E-state index in [9.17, 15) is 14.4 Å². The van der Waals surface area contributed by atoms with Crippen LogP contribution in [0.1, 0.15) is 5.56 Å². The van der Waals surface area contributed by atoms with Crippen LogP contribution in [0.25, 0.3) is 0 Å². The number of nitrogens with zero attached hydrogens (tertiary/aromatic N) is 1. The summed E-state index contributed by atoms with van der Waals surface area (Å²) in [5, 5.41) is 1.93. The van der Waals surface area contributed by atoms with E-state index in [1.165, 1.54) is 0 Å². The quantitative estimate of drug-likeness (QED) is 0.624. The lowest BCUT2D eigenvalue weighted by Crippen LogP contribution is -2.31. The van der Waals surface area contributed by atoms with Crippen LogP contribution >= 0.6 is 15.9 Å². The lowest BCUT2D eigenvalue weighted by molar-refractivity contribution is -0.134. The zero-order valence-electron chi connectivity index (χ0n) is 8.28. The van der Waals surface area contributed by atoms with Gasteiger partial charge in [0.15, 0.2) is 0 Å². The largest absolute Gasteiger partial charge is 0.336 e. The van der Waals surface area contributed by atoms with E-state index < -0.39 is 17.8 Å².